The van der Waals surface area contributed by atoms with E-state index in [1.54, 1.807) is 0 Å². The topological polar surface area (TPSA) is 59.8 Å². The number of hydrogen-bond acceptors (Lipinski definition) is 4. The Bertz CT molecular complexity index is 868. The van der Waals surface area contributed by atoms with Crippen LogP contribution in [0.5, 0.6) is 0 Å². The Morgan fingerprint density at radius 1 is 1.24 bits per heavy atom. The van der Waals surface area contributed by atoms with E-state index < -0.39 is 0 Å². The van der Waals surface area contributed by atoms with Crippen LogP contribution < -0.4 is 5.32 Å². The highest BCUT2D eigenvalue weighted by molar-refractivity contribution is 8.00. The molecule has 2 aromatic rings. The van der Waals surface area contributed by atoms with E-state index in [0.717, 1.165) is 34.9 Å². The third-order valence-electron chi connectivity index (χ3n) is 6.59. The maximum Gasteiger partial charge on any atom is 0.233 e. The molecule has 4 rings (SSSR count). The number of amides is 1. The maximum atomic E-state index is 12.8. The van der Waals surface area contributed by atoms with Gasteiger partial charge in [0.25, 0.3) is 0 Å². The predicted molar refractivity (Wildman–Crippen MR) is 118 cm³/mol. The number of thioether (sulfide) groups is 1. The van der Waals surface area contributed by atoms with E-state index in [4.69, 9.17) is 11.6 Å². The summed E-state index contributed by atoms with van der Waals surface area (Å²) < 4.78 is 2.05. The van der Waals surface area contributed by atoms with Gasteiger partial charge in [0.05, 0.1) is 5.25 Å². The molecule has 5 nitrogen and oxygen atoms in total. The molecule has 1 aromatic carbocycles. The molecule has 0 spiro atoms. The summed E-state index contributed by atoms with van der Waals surface area (Å²) in [6.45, 7) is 6.93. The van der Waals surface area contributed by atoms with Crippen molar-refractivity contribution in [3.8, 4) is 11.4 Å². The Morgan fingerprint density at radius 2 is 2.00 bits per heavy atom. The lowest BCUT2D eigenvalue weighted by Gasteiger charge is -2.29. The van der Waals surface area contributed by atoms with E-state index in [9.17, 15) is 4.79 Å². The largest absolute Gasteiger partial charge is 0.352 e. The third-order valence-corrected chi connectivity index (χ3v) is 7.92. The minimum atomic E-state index is -0.219. The second-order valence-corrected chi connectivity index (χ2v) is 10.2. The van der Waals surface area contributed by atoms with Gasteiger partial charge in [0.1, 0.15) is 0 Å². The molecule has 5 unspecified atom stereocenters. The van der Waals surface area contributed by atoms with Crippen LogP contribution in [-0.2, 0) is 11.3 Å². The molecule has 2 aliphatic carbocycles. The van der Waals surface area contributed by atoms with Crippen LogP contribution in [0, 0.1) is 17.8 Å². The monoisotopic (exact) mass is 432 g/mol. The zero-order chi connectivity index (χ0) is 20.5. The lowest BCUT2D eigenvalue weighted by atomic mass is 9.84. The summed E-state index contributed by atoms with van der Waals surface area (Å²) >= 11 is 7.47. The van der Waals surface area contributed by atoms with Gasteiger partial charge in [-0.1, -0.05) is 29.8 Å². The summed E-state index contributed by atoms with van der Waals surface area (Å²) in [5.41, 5.74) is 0.970. The summed E-state index contributed by atoms with van der Waals surface area (Å²) in [5, 5.41) is 13.2. The molecule has 1 aromatic heterocycles. The first kappa shape index (κ1) is 20.7. The van der Waals surface area contributed by atoms with Gasteiger partial charge in [0.2, 0.25) is 5.91 Å². The standard InChI is InChI=1S/C22H29ClN4OS/c1-4-27-20(16-7-9-18(23)10-8-16)25-26-22(27)29-14(3)21(28)24-13(2)19-12-15-5-6-17(19)11-15/h7-10,13-15,17,19H,4-6,11-12H2,1-3H3,(H,24,28). The number of benzene rings is 1. The highest BCUT2D eigenvalue weighted by Gasteiger charge is 2.42. The van der Waals surface area contributed by atoms with Crippen LogP contribution in [0.25, 0.3) is 11.4 Å². The molecule has 7 heteroatoms. The number of rotatable bonds is 7. The van der Waals surface area contributed by atoms with Crippen LogP contribution in [0.2, 0.25) is 5.02 Å². The number of hydrogen-bond donors (Lipinski definition) is 1. The minimum absolute atomic E-state index is 0.0870. The van der Waals surface area contributed by atoms with Crippen molar-refractivity contribution in [1.29, 1.82) is 0 Å². The Labute approximate surface area is 182 Å². The summed E-state index contributed by atoms with van der Waals surface area (Å²) in [7, 11) is 0. The van der Waals surface area contributed by atoms with Crippen molar-refractivity contribution in [2.24, 2.45) is 17.8 Å². The molecular formula is C22H29ClN4OS. The Morgan fingerprint density at radius 3 is 2.62 bits per heavy atom. The first-order valence-corrected chi connectivity index (χ1v) is 11.9. The fourth-order valence-electron chi connectivity index (χ4n) is 5.04. The fourth-order valence-corrected chi connectivity index (χ4v) is 6.09. The molecule has 1 N–H and O–H groups in total. The Hall–Kier alpha value is -1.53. The molecule has 156 valence electrons. The average Bonchev–Trinajstić information content (AvgIpc) is 3.44. The van der Waals surface area contributed by atoms with Gasteiger partial charge in [-0.25, -0.2) is 0 Å². The van der Waals surface area contributed by atoms with E-state index in [-0.39, 0.29) is 17.2 Å². The normalized spacial score (nSPS) is 25.2. The van der Waals surface area contributed by atoms with Crippen molar-refractivity contribution in [2.45, 2.75) is 69.4 Å². The fraction of sp³-hybridized carbons (Fsp3) is 0.591. The molecule has 29 heavy (non-hydrogen) atoms. The van der Waals surface area contributed by atoms with Crippen molar-refractivity contribution in [1.82, 2.24) is 20.1 Å². The number of nitrogens with zero attached hydrogens (tertiary/aromatic N) is 3. The van der Waals surface area contributed by atoms with Crippen molar-refractivity contribution in [2.75, 3.05) is 0 Å². The maximum absolute atomic E-state index is 12.8. The van der Waals surface area contributed by atoms with Crippen molar-refractivity contribution < 1.29 is 4.79 Å². The molecule has 0 saturated heterocycles. The second kappa shape index (κ2) is 8.68. The molecule has 5 atom stereocenters. The Balaban J connectivity index is 1.40. The first-order chi connectivity index (χ1) is 14.0. The number of aromatic nitrogens is 3. The molecule has 1 amide bonds. The number of carbonyl (C=O) groups excluding carboxylic acids is 1. The van der Waals surface area contributed by atoms with Gasteiger partial charge in [-0.05, 0) is 82.1 Å². The Kier molecular flexibility index (Phi) is 6.21. The molecule has 0 aliphatic heterocycles. The van der Waals surface area contributed by atoms with Crippen LogP contribution in [-0.4, -0.2) is 32.0 Å². The van der Waals surface area contributed by atoms with Gasteiger partial charge in [-0.2, -0.15) is 0 Å². The second-order valence-electron chi connectivity index (χ2n) is 8.45. The van der Waals surface area contributed by atoms with E-state index in [2.05, 4.69) is 33.9 Å². The van der Waals surface area contributed by atoms with Crippen LogP contribution in [0.15, 0.2) is 29.4 Å². The summed E-state index contributed by atoms with van der Waals surface area (Å²) in [4.78, 5) is 12.8. The number of halogens is 1. The molecule has 2 fully saturated rings. The summed E-state index contributed by atoms with van der Waals surface area (Å²) in [6.07, 6.45) is 5.37. The minimum Gasteiger partial charge on any atom is -0.352 e. The first-order valence-electron chi connectivity index (χ1n) is 10.6. The van der Waals surface area contributed by atoms with Crippen LogP contribution in [0.4, 0.5) is 0 Å². The molecule has 2 saturated carbocycles. The van der Waals surface area contributed by atoms with Crippen LogP contribution >= 0.6 is 23.4 Å². The SMILES string of the molecule is CCn1c(SC(C)C(=O)NC(C)C2CC3CCC2C3)nnc1-c1ccc(Cl)cc1. The lowest BCUT2D eigenvalue weighted by Crippen LogP contribution is -2.43. The number of carbonyl (C=O) groups is 1. The third kappa shape index (κ3) is 4.33. The van der Waals surface area contributed by atoms with Crippen molar-refractivity contribution in [3.05, 3.63) is 29.3 Å². The van der Waals surface area contributed by atoms with E-state index in [1.807, 2.05) is 31.2 Å². The van der Waals surface area contributed by atoms with Gasteiger partial charge in [-0.3, -0.25) is 4.79 Å². The number of nitrogens with one attached hydrogen (secondary N) is 1. The van der Waals surface area contributed by atoms with Gasteiger partial charge in [-0.15, -0.1) is 10.2 Å². The predicted octanol–water partition coefficient (Wildman–Crippen LogP) is 5.04. The van der Waals surface area contributed by atoms with E-state index in [1.165, 1.54) is 37.4 Å². The molecule has 1 heterocycles. The summed E-state index contributed by atoms with van der Waals surface area (Å²) in [5.74, 6) is 3.23. The number of fused-ring (bicyclic) bond motifs is 2. The van der Waals surface area contributed by atoms with Crippen LogP contribution in [0.3, 0.4) is 0 Å². The zero-order valence-electron chi connectivity index (χ0n) is 17.3. The van der Waals surface area contributed by atoms with Gasteiger partial charge in [0, 0.05) is 23.2 Å². The highest BCUT2D eigenvalue weighted by atomic mass is 35.5. The smallest absolute Gasteiger partial charge is 0.233 e. The van der Waals surface area contributed by atoms with Crippen molar-refractivity contribution in [3.63, 3.8) is 0 Å². The van der Waals surface area contributed by atoms with E-state index >= 15 is 0 Å². The van der Waals surface area contributed by atoms with E-state index in [0.29, 0.717) is 10.9 Å². The highest BCUT2D eigenvalue weighted by Crippen LogP contribution is 2.49. The molecular weight excluding hydrogens is 404 g/mol. The quantitative estimate of drug-likeness (QED) is 0.622. The average molecular weight is 433 g/mol. The lowest BCUT2D eigenvalue weighted by molar-refractivity contribution is -0.121. The van der Waals surface area contributed by atoms with Crippen molar-refractivity contribution >= 4 is 29.3 Å². The summed E-state index contributed by atoms with van der Waals surface area (Å²) in [6, 6.07) is 7.84. The molecule has 2 bridgehead atoms. The zero-order valence-corrected chi connectivity index (χ0v) is 18.8. The molecule has 0 radical (unpaired) electrons. The van der Waals surface area contributed by atoms with Gasteiger partial charge in [0.15, 0.2) is 11.0 Å². The van der Waals surface area contributed by atoms with Crippen LogP contribution in [0.1, 0.15) is 46.5 Å². The molecule has 2 aliphatic rings. The van der Waals surface area contributed by atoms with Gasteiger partial charge < -0.3 is 9.88 Å². The van der Waals surface area contributed by atoms with Gasteiger partial charge >= 0.3 is 0 Å².